The average Bonchev–Trinajstić information content (AvgIpc) is 2.77. The molecule has 2 heterocycles. The van der Waals surface area contributed by atoms with Gasteiger partial charge in [-0.1, -0.05) is 11.3 Å². The summed E-state index contributed by atoms with van der Waals surface area (Å²) in [4.78, 5) is 0. The summed E-state index contributed by atoms with van der Waals surface area (Å²) in [5.74, 6) is 2.70. The van der Waals surface area contributed by atoms with E-state index in [0.29, 0.717) is 4.47 Å². The van der Waals surface area contributed by atoms with Crippen LogP contribution in [0.2, 0.25) is 4.47 Å². The zero-order chi connectivity index (χ0) is 10.7. The van der Waals surface area contributed by atoms with E-state index >= 15 is 0 Å². The van der Waals surface area contributed by atoms with Crippen LogP contribution < -0.4 is 0 Å². The summed E-state index contributed by atoms with van der Waals surface area (Å²) in [5.41, 5.74) is 1.19. The highest BCUT2D eigenvalue weighted by Crippen LogP contribution is 2.23. The van der Waals surface area contributed by atoms with Gasteiger partial charge in [0.15, 0.2) is 0 Å². The van der Waals surface area contributed by atoms with Gasteiger partial charge in [0.1, 0.15) is 10.8 Å². The molecular formula is C9H9ClN2OS2. The minimum atomic E-state index is 0.500. The number of halogens is 1. The Kier molecular flexibility index (Phi) is 3.66. The Bertz CT molecular complexity index is 441. The van der Waals surface area contributed by atoms with Gasteiger partial charge in [-0.3, -0.25) is 0 Å². The first-order valence-corrected chi connectivity index (χ1v) is 6.69. The van der Waals surface area contributed by atoms with Gasteiger partial charge in [-0.25, -0.2) is 0 Å². The highest BCUT2D eigenvalue weighted by molar-refractivity contribution is 7.97. The molecule has 2 aromatic rings. The number of aryl methyl sites for hydroxylation is 1. The van der Waals surface area contributed by atoms with E-state index in [-0.39, 0.29) is 0 Å². The zero-order valence-electron chi connectivity index (χ0n) is 8.07. The van der Waals surface area contributed by atoms with Crippen LogP contribution in [0.1, 0.15) is 16.3 Å². The van der Waals surface area contributed by atoms with Gasteiger partial charge >= 0.3 is 0 Å². The third-order valence-electron chi connectivity index (χ3n) is 1.87. The van der Waals surface area contributed by atoms with Crippen molar-refractivity contribution in [3.8, 4) is 0 Å². The zero-order valence-corrected chi connectivity index (χ0v) is 10.5. The van der Waals surface area contributed by atoms with Crippen LogP contribution in [0.5, 0.6) is 0 Å². The maximum absolute atomic E-state index is 5.68. The minimum absolute atomic E-state index is 0.500. The van der Waals surface area contributed by atoms with Crippen LogP contribution in [0.15, 0.2) is 16.7 Å². The third kappa shape index (κ3) is 2.96. The molecule has 80 valence electrons. The SMILES string of the molecule is Cc1ccoc1CSCc1nnc(Cl)s1. The van der Waals surface area contributed by atoms with Crippen LogP contribution in [0.3, 0.4) is 0 Å². The summed E-state index contributed by atoms with van der Waals surface area (Å²) in [6, 6.07) is 1.97. The number of aromatic nitrogens is 2. The Morgan fingerprint density at radius 3 is 2.93 bits per heavy atom. The van der Waals surface area contributed by atoms with Crippen molar-refractivity contribution in [1.82, 2.24) is 10.2 Å². The molecule has 0 aliphatic rings. The number of hydrogen-bond acceptors (Lipinski definition) is 5. The van der Waals surface area contributed by atoms with Crippen LogP contribution in [-0.2, 0) is 11.5 Å². The van der Waals surface area contributed by atoms with Crippen molar-refractivity contribution in [2.75, 3.05) is 0 Å². The highest BCUT2D eigenvalue weighted by atomic mass is 35.5. The Balaban J connectivity index is 1.83. The second-order valence-electron chi connectivity index (χ2n) is 2.97. The van der Waals surface area contributed by atoms with E-state index in [9.17, 15) is 0 Å². The summed E-state index contributed by atoms with van der Waals surface area (Å²) >= 11 is 8.85. The van der Waals surface area contributed by atoms with Crippen molar-refractivity contribution < 1.29 is 4.42 Å². The fourth-order valence-electron chi connectivity index (χ4n) is 1.07. The van der Waals surface area contributed by atoms with E-state index < -0.39 is 0 Å². The lowest BCUT2D eigenvalue weighted by Gasteiger charge is -1.96. The summed E-state index contributed by atoms with van der Waals surface area (Å²) in [6.07, 6.45) is 1.72. The Morgan fingerprint density at radius 2 is 2.33 bits per heavy atom. The van der Waals surface area contributed by atoms with E-state index in [1.165, 1.54) is 16.9 Å². The fraction of sp³-hybridized carbons (Fsp3) is 0.333. The molecule has 15 heavy (non-hydrogen) atoms. The monoisotopic (exact) mass is 260 g/mol. The van der Waals surface area contributed by atoms with Gasteiger partial charge in [-0.2, -0.15) is 0 Å². The maximum Gasteiger partial charge on any atom is 0.207 e. The highest BCUT2D eigenvalue weighted by Gasteiger charge is 2.05. The average molecular weight is 261 g/mol. The van der Waals surface area contributed by atoms with Crippen LogP contribution in [-0.4, -0.2) is 10.2 Å². The lowest BCUT2D eigenvalue weighted by atomic mass is 10.3. The molecule has 0 saturated carbocycles. The molecule has 0 radical (unpaired) electrons. The van der Waals surface area contributed by atoms with E-state index in [4.69, 9.17) is 16.0 Å². The predicted octanol–water partition coefficient (Wildman–Crippen LogP) is 3.53. The molecule has 3 nitrogen and oxygen atoms in total. The van der Waals surface area contributed by atoms with Crippen LogP contribution >= 0.6 is 34.7 Å². The summed E-state index contributed by atoms with van der Waals surface area (Å²) in [7, 11) is 0. The van der Waals surface area contributed by atoms with Gasteiger partial charge in [0.2, 0.25) is 4.47 Å². The Hall–Kier alpha value is -0.520. The molecule has 0 aliphatic heterocycles. The number of furan rings is 1. The molecule has 0 atom stereocenters. The number of hydrogen-bond donors (Lipinski definition) is 0. The summed E-state index contributed by atoms with van der Waals surface area (Å²) in [5, 5.41) is 8.64. The normalized spacial score (nSPS) is 10.8. The molecule has 2 aromatic heterocycles. The molecule has 0 unspecified atom stereocenters. The van der Waals surface area contributed by atoms with Crippen molar-refractivity contribution in [3.63, 3.8) is 0 Å². The first-order valence-electron chi connectivity index (χ1n) is 4.34. The lowest BCUT2D eigenvalue weighted by Crippen LogP contribution is -1.83. The molecule has 0 aliphatic carbocycles. The molecule has 0 spiro atoms. The first-order chi connectivity index (χ1) is 7.25. The van der Waals surface area contributed by atoms with Crippen molar-refractivity contribution in [3.05, 3.63) is 33.1 Å². The van der Waals surface area contributed by atoms with E-state index in [1.54, 1.807) is 18.0 Å². The van der Waals surface area contributed by atoms with Crippen molar-refractivity contribution in [2.24, 2.45) is 0 Å². The quantitative estimate of drug-likeness (QED) is 0.843. The predicted molar refractivity (Wildman–Crippen MR) is 63.4 cm³/mol. The summed E-state index contributed by atoms with van der Waals surface area (Å²) in [6.45, 7) is 2.04. The number of thioether (sulfide) groups is 1. The van der Waals surface area contributed by atoms with Crippen LogP contribution in [0.4, 0.5) is 0 Å². The molecule has 0 amide bonds. The molecule has 0 aromatic carbocycles. The molecule has 0 saturated heterocycles. The van der Waals surface area contributed by atoms with Gasteiger partial charge in [-0.05, 0) is 30.2 Å². The molecular weight excluding hydrogens is 252 g/mol. The Labute approximate surface area is 101 Å². The largest absolute Gasteiger partial charge is 0.468 e. The molecule has 0 N–H and O–H groups in total. The second-order valence-corrected chi connectivity index (χ2v) is 5.60. The second kappa shape index (κ2) is 5.01. The van der Waals surface area contributed by atoms with Gasteiger partial charge in [-0.15, -0.1) is 22.0 Å². The van der Waals surface area contributed by atoms with Gasteiger partial charge < -0.3 is 4.42 Å². The molecule has 0 bridgehead atoms. The van der Waals surface area contributed by atoms with Crippen molar-refractivity contribution in [2.45, 2.75) is 18.4 Å². The first kappa shape index (κ1) is 11.0. The van der Waals surface area contributed by atoms with E-state index in [2.05, 4.69) is 10.2 Å². The van der Waals surface area contributed by atoms with Crippen LogP contribution in [0, 0.1) is 6.92 Å². The third-order valence-corrected chi connectivity index (χ3v) is 4.01. The van der Waals surface area contributed by atoms with Crippen molar-refractivity contribution in [1.29, 1.82) is 0 Å². The van der Waals surface area contributed by atoms with Gasteiger partial charge in [0.05, 0.1) is 12.0 Å². The van der Waals surface area contributed by atoms with E-state index in [1.807, 2.05) is 13.0 Å². The smallest absolute Gasteiger partial charge is 0.207 e. The van der Waals surface area contributed by atoms with Crippen molar-refractivity contribution >= 4 is 34.7 Å². The van der Waals surface area contributed by atoms with E-state index in [0.717, 1.165) is 22.3 Å². The van der Waals surface area contributed by atoms with Gasteiger partial charge in [0.25, 0.3) is 0 Å². The Morgan fingerprint density at radius 1 is 1.47 bits per heavy atom. The molecule has 0 fully saturated rings. The number of rotatable bonds is 4. The molecule has 6 heteroatoms. The van der Waals surface area contributed by atoms with Gasteiger partial charge in [0, 0.05) is 5.75 Å². The standard InChI is InChI=1S/C9H9ClN2OS2/c1-6-2-3-13-7(6)4-14-5-8-11-12-9(10)15-8/h2-3H,4-5H2,1H3. The topological polar surface area (TPSA) is 38.9 Å². The molecule has 2 rings (SSSR count). The van der Waals surface area contributed by atoms with Crippen LogP contribution in [0.25, 0.3) is 0 Å². The fourth-order valence-corrected chi connectivity index (χ4v) is 3.04. The number of nitrogens with zero attached hydrogens (tertiary/aromatic N) is 2. The summed E-state index contributed by atoms with van der Waals surface area (Å²) < 4.78 is 5.83. The minimum Gasteiger partial charge on any atom is -0.468 e. The maximum atomic E-state index is 5.68. The lowest BCUT2D eigenvalue weighted by molar-refractivity contribution is 0.528.